The van der Waals surface area contributed by atoms with Gasteiger partial charge in [-0.15, -0.1) is 10.2 Å². The summed E-state index contributed by atoms with van der Waals surface area (Å²) in [6, 6.07) is 8.60. The van der Waals surface area contributed by atoms with Crippen LogP contribution in [0, 0.1) is 11.6 Å². The van der Waals surface area contributed by atoms with E-state index in [-0.39, 0.29) is 22.1 Å². The van der Waals surface area contributed by atoms with Crippen LogP contribution in [0.1, 0.15) is 33.7 Å². The Morgan fingerprint density at radius 2 is 1.81 bits per heavy atom. The molecule has 0 radical (unpaired) electrons. The first-order chi connectivity index (χ1) is 14.9. The lowest BCUT2D eigenvalue weighted by molar-refractivity contribution is 0.102. The number of nitrogens with zero attached hydrogens (tertiary/aromatic N) is 3. The van der Waals surface area contributed by atoms with E-state index in [4.69, 9.17) is 11.6 Å². The Balaban J connectivity index is 1.44. The highest BCUT2D eigenvalue weighted by Crippen LogP contribution is 2.34. The summed E-state index contributed by atoms with van der Waals surface area (Å²) in [6.07, 6.45) is 1.44. The van der Waals surface area contributed by atoms with Crippen LogP contribution in [0.4, 0.5) is 25.0 Å². The summed E-state index contributed by atoms with van der Waals surface area (Å²) < 4.78 is 26.3. The van der Waals surface area contributed by atoms with Gasteiger partial charge in [0.05, 0.1) is 11.1 Å². The monoisotopic (exact) mass is 463 g/mol. The van der Waals surface area contributed by atoms with Crippen molar-refractivity contribution in [1.82, 2.24) is 15.1 Å². The zero-order valence-corrected chi connectivity index (χ0v) is 17.5. The molecule has 1 aliphatic rings. The molecule has 0 aliphatic carbocycles. The van der Waals surface area contributed by atoms with Gasteiger partial charge in [-0.1, -0.05) is 22.9 Å². The van der Waals surface area contributed by atoms with Crippen LogP contribution in [0.15, 0.2) is 42.5 Å². The fourth-order valence-electron chi connectivity index (χ4n) is 3.21. The molecule has 7 nitrogen and oxygen atoms in total. The van der Waals surface area contributed by atoms with E-state index in [0.717, 1.165) is 17.8 Å². The Morgan fingerprint density at radius 1 is 1.06 bits per heavy atom. The zero-order valence-electron chi connectivity index (χ0n) is 15.9. The van der Waals surface area contributed by atoms with Crippen molar-refractivity contribution in [3.05, 3.63) is 69.1 Å². The van der Waals surface area contributed by atoms with Gasteiger partial charge in [0, 0.05) is 17.9 Å². The highest BCUT2D eigenvalue weighted by Gasteiger charge is 2.33. The number of hydrogen-bond donors (Lipinski definition) is 2. The second-order valence-electron chi connectivity index (χ2n) is 6.82. The molecule has 0 spiro atoms. The van der Waals surface area contributed by atoms with Crippen molar-refractivity contribution in [2.75, 3.05) is 17.2 Å². The normalized spacial score (nSPS) is 15.7. The maximum atomic E-state index is 13.3. The van der Waals surface area contributed by atoms with Gasteiger partial charge in [-0.2, -0.15) is 0 Å². The first kappa shape index (κ1) is 21.1. The molecule has 0 bridgehead atoms. The Hall–Kier alpha value is -3.11. The molecule has 0 unspecified atom stereocenters. The van der Waals surface area contributed by atoms with Crippen LogP contribution in [-0.2, 0) is 0 Å². The van der Waals surface area contributed by atoms with E-state index < -0.39 is 17.5 Å². The molecule has 3 amide bonds. The Labute approximate surface area is 185 Å². The van der Waals surface area contributed by atoms with E-state index >= 15 is 0 Å². The van der Waals surface area contributed by atoms with Crippen molar-refractivity contribution >= 4 is 46.3 Å². The Bertz CT molecular complexity index is 1130. The lowest BCUT2D eigenvalue weighted by Gasteiger charge is -2.23. The summed E-state index contributed by atoms with van der Waals surface area (Å²) in [4.78, 5) is 26.7. The maximum Gasteiger partial charge on any atom is 0.322 e. The third-order valence-corrected chi connectivity index (χ3v) is 6.02. The summed E-state index contributed by atoms with van der Waals surface area (Å²) in [5.41, 5.74) is 0.807. The molecule has 2 aromatic carbocycles. The third kappa shape index (κ3) is 4.80. The van der Waals surface area contributed by atoms with E-state index in [0.29, 0.717) is 29.3 Å². The number of benzene rings is 2. The topological polar surface area (TPSA) is 87.2 Å². The van der Waals surface area contributed by atoms with Crippen LogP contribution < -0.4 is 10.6 Å². The number of hydrogen-bond acceptors (Lipinski definition) is 5. The summed E-state index contributed by atoms with van der Waals surface area (Å²) in [7, 11) is 0. The third-order valence-electron chi connectivity index (χ3n) is 4.71. The molecule has 3 aromatic rings. The molecule has 1 aromatic heterocycles. The number of anilines is 2. The minimum absolute atomic E-state index is 0.0864. The lowest BCUT2D eigenvalue weighted by Crippen LogP contribution is -2.34. The number of carbonyl (C=O) groups is 2. The van der Waals surface area contributed by atoms with Gasteiger partial charge in [0.2, 0.25) is 5.01 Å². The highest BCUT2D eigenvalue weighted by molar-refractivity contribution is 7.13. The molecule has 11 heteroatoms. The molecule has 1 atom stereocenters. The number of nitrogens with one attached hydrogen (secondary N) is 2. The van der Waals surface area contributed by atoms with Crippen molar-refractivity contribution in [3.8, 4) is 0 Å². The number of urea groups is 1. The minimum Gasteiger partial charge on any atom is -0.320 e. The van der Waals surface area contributed by atoms with Gasteiger partial charge in [0.15, 0.2) is 0 Å². The number of halogens is 3. The molecule has 1 saturated heterocycles. The molecular formula is C20H16ClF2N5O2S. The van der Waals surface area contributed by atoms with Crippen LogP contribution in [0.3, 0.4) is 0 Å². The van der Waals surface area contributed by atoms with E-state index in [9.17, 15) is 18.4 Å². The fourth-order valence-corrected chi connectivity index (χ4v) is 4.28. The summed E-state index contributed by atoms with van der Waals surface area (Å²) in [6.45, 7) is 0.502. The first-order valence-corrected chi connectivity index (χ1v) is 10.5. The van der Waals surface area contributed by atoms with Crippen LogP contribution in [-0.4, -0.2) is 33.6 Å². The average Bonchev–Trinajstić information content (AvgIpc) is 3.42. The van der Waals surface area contributed by atoms with E-state index in [1.165, 1.54) is 42.5 Å². The van der Waals surface area contributed by atoms with Gasteiger partial charge >= 0.3 is 6.03 Å². The number of carbonyl (C=O) groups excluding carboxylic acids is 2. The Morgan fingerprint density at radius 3 is 2.55 bits per heavy atom. The van der Waals surface area contributed by atoms with Crippen molar-refractivity contribution < 1.29 is 18.4 Å². The SMILES string of the molecule is O=C(Nc1ccc(F)cc1)c1nnc([C@H]2CCCN2C(=O)Nc2ccc(F)c(Cl)c2)s1. The van der Waals surface area contributed by atoms with Crippen molar-refractivity contribution in [1.29, 1.82) is 0 Å². The van der Waals surface area contributed by atoms with Crippen LogP contribution in [0.5, 0.6) is 0 Å². The van der Waals surface area contributed by atoms with Gasteiger partial charge < -0.3 is 15.5 Å². The summed E-state index contributed by atoms with van der Waals surface area (Å²) in [5.74, 6) is -1.44. The number of likely N-dealkylation sites (tertiary alicyclic amines) is 1. The van der Waals surface area contributed by atoms with Gasteiger partial charge in [0.1, 0.15) is 16.6 Å². The Kier molecular flexibility index (Phi) is 6.10. The van der Waals surface area contributed by atoms with Gasteiger partial charge in [-0.05, 0) is 55.3 Å². The number of amides is 3. The fraction of sp³-hybridized carbons (Fsp3) is 0.200. The molecule has 2 N–H and O–H groups in total. The van der Waals surface area contributed by atoms with Crippen molar-refractivity contribution in [2.24, 2.45) is 0 Å². The summed E-state index contributed by atoms with van der Waals surface area (Å²) >= 11 is 6.86. The van der Waals surface area contributed by atoms with Gasteiger partial charge in [-0.25, -0.2) is 13.6 Å². The molecule has 0 saturated carbocycles. The maximum absolute atomic E-state index is 13.3. The van der Waals surface area contributed by atoms with Crippen LogP contribution in [0.2, 0.25) is 5.02 Å². The van der Waals surface area contributed by atoms with Crippen LogP contribution >= 0.6 is 22.9 Å². The molecule has 1 fully saturated rings. The number of aromatic nitrogens is 2. The van der Waals surface area contributed by atoms with E-state index in [2.05, 4.69) is 20.8 Å². The molecule has 2 heterocycles. The predicted molar refractivity (Wildman–Crippen MR) is 113 cm³/mol. The average molecular weight is 464 g/mol. The van der Waals surface area contributed by atoms with Crippen molar-refractivity contribution in [2.45, 2.75) is 18.9 Å². The van der Waals surface area contributed by atoms with Gasteiger partial charge in [0.25, 0.3) is 5.91 Å². The molecular weight excluding hydrogens is 448 g/mol. The van der Waals surface area contributed by atoms with E-state index in [1.54, 1.807) is 4.90 Å². The lowest BCUT2D eigenvalue weighted by atomic mass is 10.2. The van der Waals surface area contributed by atoms with Gasteiger partial charge in [-0.3, -0.25) is 4.79 Å². The number of rotatable bonds is 4. The molecule has 31 heavy (non-hydrogen) atoms. The first-order valence-electron chi connectivity index (χ1n) is 9.34. The summed E-state index contributed by atoms with van der Waals surface area (Å²) in [5, 5.41) is 14.0. The van der Waals surface area contributed by atoms with Crippen LogP contribution in [0.25, 0.3) is 0 Å². The smallest absolute Gasteiger partial charge is 0.320 e. The minimum atomic E-state index is -0.570. The zero-order chi connectivity index (χ0) is 22.0. The molecule has 4 rings (SSSR count). The second kappa shape index (κ2) is 8.94. The van der Waals surface area contributed by atoms with E-state index in [1.807, 2.05) is 0 Å². The molecule has 1 aliphatic heterocycles. The van der Waals surface area contributed by atoms with Crippen molar-refractivity contribution in [3.63, 3.8) is 0 Å². The predicted octanol–water partition coefficient (Wildman–Crippen LogP) is 5.09. The standard InChI is InChI=1S/C20H16ClF2N5O2S/c21-14-10-13(7-8-15(14)23)25-20(30)28-9-1-2-16(28)18-26-27-19(31-18)17(29)24-12-5-3-11(22)4-6-12/h3-8,10,16H,1-2,9H2,(H,24,29)(H,25,30)/t16-/m1/s1. The second-order valence-corrected chi connectivity index (χ2v) is 8.23. The highest BCUT2D eigenvalue weighted by atomic mass is 35.5. The molecule has 160 valence electrons. The largest absolute Gasteiger partial charge is 0.322 e. The quantitative estimate of drug-likeness (QED) is 0.564.